The van der Waals surface area contributed by atoms with E-state index in [1.165, 1.54) is 5.56 Å². The van der Waals surface area contributed by atoms with Crippen molar-refractivity contribution >= 4 is 16.9 Å². The average Bonchev–Trinajstić information content (AvgIpc) is 3.32. The molecule has 0 radical (unpaired) electrons. The van der Waals surface area contributed by atoms with Gasteiger partial charge in [-0.25, -0.2) is 4.79 Å². The van der Waals surface area contributed by atoms with Gasteiger partial charge in [0.05, 0.1) is 18.8 Å². The van der Waals surface area contributed by atoms with E-state index in [0.29, 0.717) is 11.1 Å². The number of fused-ring (bicyclic) bond motifs is 1. The molecule has 0 saturated carbocycles. The van der Waals surface area contributed by atoms with Gasteiger partial charge in [0.2, 0.25) is 0 Å². The molecule has 1 aliphatic rings. The number of ether oxygens (including phenoxy) is 1. The molecule has 2 N–H and O–H groups in total. The monoisotopic (exact) mass is 436 g/mol. The van der Waals surface area contributed by atoms with Crippen molar-refractivity contribution in [1.29, 1.82) is 0 Å². The summed E-state index contributed by atoms with van der Waals surface area (Å²) in [5.74, 6) is 5.47. The van der Waals surface area contributed by atoms with Gasteiger partial charge in [-0.05, 0) is 52.9 Å². The van der Waals surface area contributed by atoms with Crippen molar-refractivity contribution in [1.82, 2.24) is 9.88 Å². The predicted octanol–water partition coefficient (Wildman–Crippen LogP) is 4.77. The summed E-state index contributed by atoms with van der Waals surface area (Å²) in [7, 11) is 0. The van der Waals surface area contributed by atoms with E-state index in [4.69, 9.17) is 4.74 Å². The van der Waals surface area contributed by atoms with E-state index >= 15 is 0 Å². The van der Waals surface area contributed by atoms with Crippen molar-refractivity contribution in [2.45, 2.75) is 6.54 Å². The molecule has 1 saturated heterocycles. The fraction of sp³-hybridized carbons (Fsp3) is 0.179. The number of nitrogens with one attached hydrogen (secondary N) is 1. The second kappa shape index (κ2) is 9.33. The van der Waals surface area contributed by atoms with Crippen molar-refractivity contribution in [3.05, 3.63) is 95.2 Å². The SMILES string of the molecule is O=C(O)c1cccc(C#Cc2ccc(CN3CCOCC3)cc2)c1-c1ccc2cc[nH]c2c1. The second-order valence-corrected chi connectivity index (χ2v) is 8.15. The highest BCUT2D eigenvalue weighted by Crippen LogP contribution is 2.30. The van der Waals surface area contributed by atoms with Crippen LogP contribution < -0.4 is 0 Å². The van der Waals surface area contributed by atoms with E-state index in [0.717, 1.165) is 54.9 Å². The maximum Gasteiger partial charge on any atom is 0.336 e. The van der Waals surface area contributed by atoms with E-state index in [1.54, 1.807) is 12.1 Å². The number of H-pyrrole nitrogens is 1. The normalized spacial score (nSPS) is 14.1. The third-order valence-corrected chi connectivity index (χ3v) is 5.94. The fourth-order valence-electron chi connectivity index (χ4n) is 4.20. The first-order valence-electron chi connectivity index (χ1n) is 11.0. The van der Waals surface area contributed by atoms with Gasteiger partial charge in [-0.2, -0.15) is 0 Å². The van der Waals surface area contributed by atoms with E-state index in [9.17, 15) is 9.90 Å². The van der Waals surface area contributed by atoms with Crippen molar-refractivity contribution < 1.29 is 14.6 Å². The van der Waals surface area contributed by atoms with Gasteiger partial charge in [-0.15, -0.1) is 0 Å². The highest BCUT2D eigenvalue weighted by atomic mass is 16.5. The van der Waals surface area contributed by atoms with Crippen LogP contribution in [0.3, 0.4) is 0 Å². The number of hydrogen-bond acceptors (Lipinski definition) is 3. The molecular formula is C28H24N2O3. The molecule has 4 aromatic rings. The second-order valence-electron chi connectivity index (χ2n) is 8.15. The topological polar surface area (TPSA) is 65.6 Å². The van der Waals surface area contributed by atoms with Crippen LogP contribution in [0.5, 0.6) is 0 Å². The standard InChI is InChI=1S/C28H24N2O3/c31-28(32)25-3-1-2-23(27(25)24-11-10-22-12-13-29-26(22)18-24)9-8-20-4-6-21(7-5-20)19-30-14-16-33-17-15-30/h1-7,10-13,18,29H,14-17,19H2,(H,31,32). The minimum Gasteiger partial charge on any atom is -0.478 e. The first-order chi connectivity index (χ1) is 16.2. The number of aromatic amines is 1. The molecule has 0 amide bonds. The number of benzene rings is 3. The number of nitrogens with zero attached hydrogens (tertiary/aromatic N) is 1. The van der Waals surface area contributed by atoms with E-state index in [-0.39, 0.29) is 5.56 Å². The minimum atomic E-state index is -0.965. The molecular weight excluding hydrogens is 412 g/mol. The molecule has 164 valence electrons. The van der Waals surface area contributed by atoms with Gasteiger partial charge in [-0.3, -0.25) is 4.90 Å². The number of carboxylic acid groups (broad SMARTS) is 1. The van der Waals surface area contributed by atoms with E-state index < -0.39 is 5.97 Å². The van der Waals surface area contributed by atoms with E-state index in [1.807, 2.05) is 48.7 Å². The maximum absolute atomic E-state index is 12.0. The summed E-state index contributed by atoms with van der Waals surface area (Å²) in [5, 5.41) is 10.9. The largest absolute Gasteiger partial charge is 0.478 e. The highest BCUT2D eigenvalue weighted by molar-refractivity contribution is 5.99. The maximum atomic E-state index is 12.0. The van der Waals surface area contributed by atoms with Gasteiger partial charge in [0.25, 0.3) is 0 Å². The zero-order chi connectivity index (χ0) is 22.6. The number of morpholine rings is 1. The molecule has 1 aliphatic heterocycles. The number of carbonyl (C=O) groups is 1. The summed E-state index contributed by atoms with van der Waals surface area (Å²) < 4.78 is 5.41. The summed E-state index contributed by atoms with van der Waals surface area (Å²) in [5.41, 5.74) is 5.50. The third-order valence-electron chi connectivity index (χ3n) is 5.94. The van der Waals surface area contributed by atoms with Crippen LogP contribution in [-0.4, -0.2) is 47.3 Å². The van der Waals surface area contributed by atoms with Crippen molar-refractivity contribution in [3.8, 4) is 23.0 Å². The Hall–Kier alpha value is -3.85. The Morgan fingerprint density at radius 1 is 1.00 bits per heavy atom. The molecule has 1 fully saturated rings. The highest BCUT2D eigenvalue weighted by Gasteiger charge is 2.16. The summed E-state index contributed by atoms with van der Waals surface area (Å²) >= 11 is 0. The smallest absolute Gasteiger partial charge is 0.336 e. The Morgan fingerprint density at radius 2 is 1.82 bits per heavy atom. The number of rotatable bonds is 4. The number of carboxylic acids is 1. The van der Waals surface area contributed by atoms with Gasteiger partial charge in [0.15, 0.2) is 0 Å². The molecule has 0 aliphatic carbocycles. The molecule has 0 unspecified atom stereocenters. The molecule has 0 atom stereocenters. The van der Waals surface area contributed by atoms with Crippen LogP contribution in [0.25, 0.3) is 22.0 Å². The van der Waals surface area contributed by atoms with Crippen LogP contribution in [-0.2, 0) is 11.3 Å². The Balaban J connectivity index is 1.45. The van der Waals surface area contributed by atoms with Crippen LogP contribution in [0.4, 0.5) is 0 Å². The van der Waals surface area contributed by atoms with Crippen LogP contribution >= 0.6 is 0 Å². The average molecular weight is 437 g/mol. The lowest BCUT2D eigenvalue weighted by Gasteiger charge is -2.26. The molecule has 33 heavy (non-hydrogen) atoms. The predicted molar refractivity (Wildman–Crippen MR) is 129 cm³/mol. The van der Waals surface area contributed by atoms with Crippen molar-refractivity contribution in [2.24, 2.45) is 0 Å². The third kappa shape index (κ3) is 4.68. The summed E-state index contributed by atoms with van der Waals surface area (Å²) in [4.78, 5) is 17.5. The van der Waals surface area contributed by atoms with Crippen LogP contribution in [0.1, 0.15) is 27.0 Å². The van der Waals surface area contributed by atoms with Gasteiger partial charge in [0.1, 0.15) is 0 Å². The molecule has 3 aromatic carbocycles. The Labute approximate surface area is 192 Å². The quantitative estimate of drug-likeness (QED) is 0.453. The minimum absolute atomic E-state index is 0.244. The zero-order valence-electron chi connectivity index (χ0n) is 18.2. The summed E-state index contributed by atoms with van der Waals surface area (Å²) in [6, 6.07) is 21.4. The Kier molecular flexibility index (Phi) is 5.95. The number of aromatic nitrogens is 1. The molecule has 5 nitrogen and oxygen atoms in total. The molecule has 0 bridgehead atoms. The Bertz CT molecular complexity index is 1350. The lowest BCUT2D eigenvalue weighted by atomic mass is 9.93. The zero-order valence-corrected chi connectivity index (χ0v) is 18.2. The van der Waals surface area contributed by atoms with Crippen LogP contribution in [0.2, 0.25) is 0 Å². The van der Waals surface area contributed by atoms with Crippen molar-refractivity contribution in [3.63, 3.8) is 0 Å². The Morgan fingerprint density at radius 3 is 2.61 bits per heavy atom. The first-order valence-corrected chi connectivity index (χ1v) is 11.0. The van der Waals surface area contributed by atoms with Crippen LogP contribution in [0.15, 0.2) is 72.9 Å². The van der Waals surface area contributed by atoms with E-state index in [2.05, 4.69) is 33.9 Å². The van der Waals surface area contributed by atoms with Crippen molar-refractivity contribution in [2.75, 3.05) is 26.3 Å². The van der Waals surface area contributed by atoms with Gasteiger partial charge < -0.3 is 14.8 Å². The van der Waals surface area contributed by atoms with Gasteiger partial charge in [-0.1, -0.05) is 42.2 Å². The van der Waals surface area contributed by atoms with Crippen LogP contribution in [0, 0.1) is 11.8 Å². The fourth-order valence-corrected chi connectivity index (χ4v) is 4.20. The molecule has 5 rings (SSSR count). The number of hydrogen-bond donors (Lipinski definition) is 2. The molecule has 5 heteroatoms. The van der Waals surface area contributed by atoms with Gasteiger partial charge >= 0.3 is 5.97 Å². The summed E-state index contributed by atoms with van der Waals surface area (Å²) in [6.45, 7) is 4.40. The lowest BCUT2D eigenvalue weighted by molar-refractivity contribution is 0.0342. The molecule has 1 aromatic heterocycles. The van der Waals surface area contributed by atoms with Gasteiger partial charge in [0, 0.05) is 48.0 Å². The molecule has 0 spiro atoms. The molecule has 2 heterocycles. The summed E-state index contributed by atoms with van der Waals surface area (Å²) in [6.07, 6.45) is 1.88. The lowest BCUT2D eigenvalue weighted by Crippen LogP contribution is -2.35. The first kappa shape index (κ1) is 21.0. The number of aromatic carboxylic acids is 1.